The van der Waals surface area contributed by atoms with Gasteiger partial charge < -0.3 is 9.88 Å². The Morgan fingerprint density at radius 2 is 2.25 bits per heavy atom. The van der Waals surface area contributed by atoms with Crippen molar-refractivity contribution in [2.45, 2.75) is 25.9 Å². The second-order valence-corrected chi connectivity index (χ2v) is 5.15. The zero-order valence-electron chi connectivity index (χ0n) is 11.5. The van der Waals surface area contributed by atoms with Crippen LogP contribution in [0.1, 0.15) is 24.9 Å². The highest BCUT2D eigenvalue weighted by Gasteiger charge is 2.25. The van der Waals surface area contributed by atoms with Gasteiger partial charge in [-0.05, 0) is 25.5 Å². The van der Waals surface area contributed by atoms with Crippen LogP contribution in [0.2, 0.25) is 0 Å². The van der Waals surface area contributed by atoms with Crippen molar-refractivity contribution in [3.8, 4) is 0 Å². The van der Waals surface area contributed by atoms with Crippen LogP contribution < -0.4 is 5.32 Å². The van der Waals surface area contributed by atoms with E-state index >= 15 is 0 Å². The molecule has 1 aliphatic rings. The molecule has 0 radical (unpaired) electrons. The lowest BCUT2D eigenvalue weighted by molar-refractivity contribution is 0.542. The van der Waals surface area contributed by atoms with Gasteiger partial charge in [0.2, 0.25) is 5.95 Å². The Hall–Kier alpha value is -2.30. The summed E-state index contributed by atoms with van der Waals surface area (Å²) in [5, 5.41) is 7.81. The Morgan fingerprint density at radius 3 is 3.10 bits per heavy atom. The van der Waals surface area contributed by atoms with E-state index in [0.717, 1.165) is 31.0 Å². The molecule has 3 heterocycles. The first-order chi connectivity index (χ1) is 9.86. The minimum Gasteiger partial charge on any atom is -0.356 e. The fourth-order valence-electron chi connectivity index (χ4n) is 2.97. The number of anilines is 1. The van der Waals surface area contributed by atoms with Gasteiger partial charge in [0.1, 0.15) is 0 Å². The van der Waals surface area contributed by atoms with E-state index in [0.29, 0.717) is 6.04 Å². The van der Waals surface area contributed by atoms with E-state index in [-0.39, 0.29) is 0 Å². The minimum absolute atomic E-state index is 0.318. The van der Waals surface area contributed by atoms with Crippen molar-refractivity contribution in [1.82, 2.24) is 19.3 Å². The molecule has 4 rings (SSSR count). The monoisotopic (exact) mass is 267 g/mol. The van der Waals surface area contributed by atoms with Crippen LogP contribution in [0.25, 0.3) is 11.0 Å². The molecule has 2 aromatic heterocycles. The highest BCUT2D eigenvalue weighted by molar-refractivity contribution is 5.79. The molecule has 3 aromatic rings. The Bertz CT molecular complexity index is 755. The topological polar surface area (TPSA) is 47.7 Å². The summed E-state index contributed by atoms with van der Waals surface area (Å²) in [5.74, 6) is 0.965. The predicted molar refractivity (Wildman–Crippen MR) is 78.9 cm³/mol. The second-order valence-electron chi connectivity index (χ2n) is 5.15. The third kappa shape index (κ3) is 1.62. The Balaban J connectivity index is 1.88. The molecule has 1 aromatic carbocycles. The van der Waals surface area contributed by atoms with Gasteiger partial charge in [-0.3, -0.25) is 4.68 Å². The number of nitrogens with one attached hydrogen (secondary N) is 1. The molecule has 0 aliphatic carbocycles. The van der Waals surface area contributed by atoms with Crippen molar-refractivity contribution in [3.63, 3.8) is 0 Å². The summed E-state index contributed by atoms with van der Waals surface area (Å²) in [6.45, 7) is 3.96. The molecule has 0 fully saturated rings. The summed E-state index contributed by atoms with van der Waals surface area (Å²) in [5.41, 5.74) is 3.49. The molecule has 1 aliphatic heterocycles. The third-order valence-electron chi connectivity index (χ3n) is 3.97. The van der Waals surface area contributed by atoms with Gasteiger partial charge in [-0.2, -0.15) is 5.10 Å². The van der Waals surface area contributed by atoms with Gasteiger partial charge in [0, 0.05) is 24.8 Å². The quantitative estimate of drug-likeness (QED) is 0.776. The maximum atomic E-state index is 4.68. The molecular weight excluding hydrogens is 250 g/mol. The summed E-state index contributed by atoms with van der Waals surface area (Å²) in [4.78, 5) is 4.68. The van der Waals surface area contributed by atoms with Crippen LogP contribution >= 0.6 is 0 Å². The molecule has 5 nitrogen and oxygen atoms in total. The molecule has 0 saturated heterocycles. The smallest absolute Gasteiger partial charge is 0.204 e. The number of hydrogen-bond donors (Lipinski definition) is 1. The van der Waals surface area contributed by atoms with Crippen LogP contribution in [0.5, 0.6) is 0 Å². The lowest BCUT2D eigenvalue weighted by atomic mass is 10.1. The zero-order chi connectivity index (χ0) is 13.5. The first-order valence-corrected chi connectivity index (χ1v) is 7.10. The summed E-state index contributed by atoms with van der Waals surface area (Å²) in [6, 6.07) is 8.62. The van der Waals surface area contributed by atoms with Crippen molar-refractivity contribution in [2.75, 3.05) is 11.9 Å². The van der Waals surface area contributed by atoms with E-state index in [2.05, 4.69) is 51.3 Å². The molecule has 1 N–H and O–H groups in total. The van der Waals surface area contributed by atoms with Crippen molar-refractivity contribution in [2.24, 2.45) is 0 Å². The van der Waals surface area contributed by atoms with E-state index in [9.17, 15) is 0 Å². The molecule has 1 atom stereocenters. The molecule has 102 valence electrons. The Kier molecular flexibility index (Phi) is 2.52. The molecule has 5 heteroatoms. The van der Waals surface area contributed by atoms with Crippen molar-refractivity contribution < 1.29 is 0 Å². The molecule has 0 spiro atoms. The average Bonchev–Trinajstić information content (AvgIpc) is 3.11. The second kappa shape index (κ2) is 4.37. The van der Waals surface area contributed by atoms with Gasteiger partial charge in [-0.25, -0.2) is 4.98 Å². The lowest BCUT2D eigenvalue weighted by Gasteiger charge is -2.26. The molecular formula is C15H17N5. The largest absolute Gasteiger partial charge is 0.356 e. The summed E-state index contributed by atoms with van der Waals surface area (Å²) < 4.78 is 4.28. The van der Waals surface area contributed by atoms with Gasteiger partial charge >= 0.3 is 0 Å². The third-order valence-corrected chi connectivity index (χ3v) is 3.97. The maximum Gasteiger partial charge on any atom is 0.204 e. The van der Waals surface area contributed by atoms with Gasteiger partial charge in [0.05, 0.1) is 23.3 Å². The number of rotatable bonds is 2. The number of aryl methyl sites for hydroxylation is 1. The van der Waals surface area contributed by atoms with Gasteiger partial charge in [0.15, 0.2) is 0 Å². The van der Waals surface area contributed by atoms with Crippen molar-refractivity contribution in [1.29, 1.82) is 0 Å². The molecule has 0 saturated carbocycles. The van der Waals surface area contributed by atoms with Crippen LogP contribution in [0.15, 0.2) is 36.7 Å². The normalized spacial score (nSPS) is 17.9. The number of fused-ring (bicyclic) bond motifs is 3. The van der Waals surface area contributed by atoms with E-state index in [1.165, 1.54) is 11.1 Å². The van der Waals surface area contributed by atoms with E-state index in [4.69, 9.17) is 0 Å². The van der Waals surface area contributed by atoms with Gasteiger partial charge in [-0.15, -0.1) is 0 Å². The molecule has 0 amide bonds. The standard InChI is InChI=1S/C15H17N5/c1-2-19-10-11(9-17-19)13-7-8-16-15-18-12-5-3-4-6-14(12)20(13)15/h3-6,9-10,13H,2,7-8H2,1H3,(H,16,18). The van der Waals surface area contributed by atoms with Crippen molar-refractivity contribution in [3.05, 3.63) is 42.2 Å². The fraction of sp³-hybridized carbons (Fsp3) is 0.333. The van der Waals surface area contributed by atoms with Crippen LogP contribution in [0.4, 0.5) is 5.95 Å². The predicted octanol–water partition coefficient (Wildman–Crippen LogP) is 2.66. The summed E-state index contributed by atoms with van der Waals surface area (Å²) >= 11 is 0. The maximum absolute atomic E-state index is 4.68. The number of aromatic nitrogens is 4. The number of benzene rings is 1. The van der Waals surface area contributed by atoms with Crippen LogP contribution in [-0.4, -0.2) is 25.9 Å². The summed E-state index contributed by atoms with van der Waals surface area (Å²) in [6.07, 6.45) is 5.19. The SMILES string of the molecule is CCn1cc(C2CCNc3nc4ccccc4n32)cn1. The van der Waals surface area contributed by atoms with Crippen LogP contribution in [-0.2, 0) is 6.54 Å². The first-order valence-electron chi connectivity index (χ1n) is 7.10. The van der Waals surface area contributed by atoms with E-state index in [1.54, 1.807) is 0 Å². The van der Waals surface area contributed by atoms with Gasteiger partial charge in [-0.1, -0.05) is 12.1 Å². The average molecular weight is 267 g/mol. The lowest BCUT2D eigenvalue weighted by Crippen LogP contribution is -2.23. The molecule has 1 unspecified atom stereocenters. The highest BCUT2D eigenvalue weighted by Crippen LogP contribution is 2.33. The number of nitrogens with zero attached hydrogens (tertiary/aromatic N) is 4. The fourth-order valence-corrected chi connectivity index (χ4v) is 2.97. The van der Waals surface area contributed by atoms with E-state index in [1.807, 2.05) is 16.9 Å². The first kappa shape index (κ1) is 11.5. The Morgan fingerprint density at radius 1 is 1.35 bits per heavy atom. The Labute approximate surface area is 117 Å². The van der Waals surface area contributed by atoms with Crippen molar-refractivity contribution >= 4 is 17.0 Å². The summed E-state index contributed by atoms with van der Waals surface area (Å²) in [7, 11) is 0. The molecule has 0 bridgehead atoms. The zero-order valence-corrected chi connectivity index (χ0v) is 11.5. The number of hydrogen-bond acceptors (Lipinski definition) is 3. The molecule has 20 heavy (non-hydrogen) atoms. The number of imidazole rings is 1. The number of para-hydroxylation sites is 2. The minimum atomic E-state index is 0.318. The van der Waals surface area contributed by atoms with Crippen LogP contribution in [0.3, 0.4) is 0 Å². The van der Waals surface area contributed by atoms with Gasteiger partial charge in [0.25, 0.3) is 0 Å². The van der Waals surface area contributed by atoms with Crippen LogP contribution in [0, 0.1) is 0 Å². The highest BCUT2D eigenvalue weighted by atomic mass is 15.3. The van der Waals surface area contributed by atoms with E-state index < -0.39 is 0 Å².